The van der Waals surface area contributed by atoms with Crippen molar-refractivity contribution < 1.29 is 28.2 Å². The number of methoxy groups -OCH3 is 1. The summed E-state index contributed by atoms with van der Waals surface area (Å²) in [5.74, 6) is 1.15. The third-order valence-electron chi connectivity index (χ3n) is 4.22. The van der Waals surface area contributed by atoms with Crippen LogP contribution in [0.4, 0.5) is 0 Å². The summed E-state index contributed by atoms with van der Waals surface area (Å²) >= 11 is 0. The van der Waals surface area contributed by atoms with Gasteiger partial charge < -0.3 is 18.6 Å². The first-order chi connectivity index (χ1) is 14.2. The number of hydrazone groups is 1. The van der Waals surface area contributed by atoms with Crippen molar-refractivity contribution in [3.05, 3.63) is 71.5 Å². The Morgan fingerprint density at radius 1 is 1.07 bits per heavy atom. The second-order valence-corrected chi connectivity index (χ2v) is 6.01. The van der Waals surface area contributed by atoms with Gasteiger partial charge in [0.1, 0.15) is 11.5 Å². The highest BCUT2D eigenvalue weighted by Gasteiger charge is 2.16. The fraction of sp³-hybridized carbons (Fsp3) is 0.0952. The van der Waals surface area contributed by atoms with Gasteiger partial charge in [0.15, 0.2) is 11.5 Å². The summed E-state index contributed by atoms with van der Waals surface area (Å²) in [5, 5.41) is 3.91. The highest BCUT2D eigenvalue weighted by Crippen LogP contribution is 2.32. The van der Waals surface area contributed by atoms with Crippen LogP contribution >= 0.6 is 0 Å². The predicted molar refractivity (Wildman–Crippen MR) is 103 cm³/mol. The molecule has 146 valence electrons. The van der Waals surface area contributed by atoms with E-state index >= 15 is 0 Å². The molecule has 0 radical (unpaired) electrons. The standard InChI is InChI=1S/C21H16N2O6/c1-26-21(25)16-5-3-2-4-15(16)17-9-7-14(29-17)11-22-23-20(24)13-6-8-18-19(10-13)28-12-27-18/h2-11H,12H2,1H3,(H,23,24)/b22-11-. The lowest BCUT2D eigenvalue weighted by Crippen LogP contribution is -2.17. The van der Waals surface area contributed by atoms with Gasteiger partial charge in [-0.05, 0) is 36.4 Å². The van der Waals surface area contributed by atoms with Crippen LogP contribution < -0.4 is 14.9 Å². The number of carbonyl (C=O) groups is 2. The van der Waals surface area contributed by atoms with Crippen molar-refractivity contribution in [2.24, 2.45) is 5.10 Å². The normalized spacial score (nSPS) is 12.2. The van der Waals surface area contributed by atoms with Crippen LogP contribution in [0.15, 0.2) is 64.1 Å². The summed E-state index contributed by atoms with van der Waals surface area (Å²) in [4.78, 5) is 24.1. The molecule has 2 aromatic carbocycles. The number of rotatable bonds is 5. The van der Waals surface area contributed by atoms with Crippen molar-refractivity contribution >= 4 is 18.1 Å². The molecule has 1 aliphatic rings. The Morgan fingerprint density at radius 2 is 1.90 bits per heavy atom. The molecule has 0 aliphatic carbocycles. The fourth-order valence-electron chi connectivity index (χ4n) is 2.81. The molecule has 0 saturated carbocycles. The van der Waals surface area contributed by atoms with Crippen molar-refractivity contribution in [3.63, 3.8) is 0 Å². The van der Waals surface area contributed by atoms with E-state index in [-0.39, 0.29) is 6.79 Å². The molecule has 29 heavy (non-hydrogen) atoms. The van der Waals surface area contributed by atoms with Gasteiger partial charge >= 0.3 is 5.97 Å². The van der Waals surface area contributed by atoms with Gasteiger partial charge in [0, 0.05) is 11.1 Å². The minimum Gasteiger partial charge on any atom is -0.465 e. The summed E-state index contributed by atoms with van der Waals surface area (Å²) < 4.78 is 21.0. The molecule has 1 N–H and O–H groups in total. The molecule has 0 spiro atoms. The van der Waals surface area contributed by atoms with Crippen LogP contribution in [0.2, 0.25) is 0 Å². The molecule has 8 nitrogen and oxygen atoms in total. The van der Waals surface area contributed by atoms with E-state index in [4.69, 9.17) is 18.6 Å². The van der Waals surface area contributed by atoms with Crippen molar-refractivity contribution in [1.82, 2.24) is 5.43 Å². The number of amides is 1. The average molecular weight is 392 g/mol. The van der Waals surface area contributed by atoms with Crippen molar-refractivity contribution in [1.29, 1.82) is 0 Å². The van der Waals surface area contributed by atoms with Gasteiger partial charge in [-0.25, -0.2) is 10.2 Å². The zero-order valence-electron chi connectivity index (χ0n) is 15.4. The number of fused-ring (bicyclic) bond motifs is 1. The Balaban J connectivity index is 1.45. The van der Waals surface area contributed by atoms with Gasteiger partial charge in [-0.3, -0.25) is 4.79 Å². The number of furan rings is 1. The number of hydrogen-bond acceptors (Lipinski definition) is 7. The first-order valence-electron chi connectivity index (χ1n) is 8.66. The monoisotopic (exact) mass is 392 g/mol. The molecule has 1 aliphatic heterocycles. The van der Waals surface area contributed by atoms with Gasteiger partial charge in [-0.2, -0.15) is 5.10 Å². The maximum atomic E-state index is 12.2. The maximum absolute atomic E-state index is 12.2. The minimum absolute atomic E-state index is 0.137. The first-order valence-corrected chi connectivity index (χ1v) is 8.66. The van der Waals surface area contributed by atoms with E-state index in [2.05, 4.69) is 10.5 Å². The first kappa shape index (κ1) is 18.3. The van der Waals surface area contributed by atoms with Crippen LogP contribution in [0.3, 0.4) is 0 Å². The topological polar surface area (TPSA) is 99.4 Å². The summed E-state index contributed by atoms with van der Waals surface area (Å²) in [7, 11) is 1.32. The van der Waals surface area contributed by atoms with Crippen LogP contribution in [0.25, 0.3) is 11.3 Å². The lowest BCUT2D eigenvalue weighted by atomic mass is 10.1. The molecule has 0 saturated heterocycles. The van der Waals surface area contributed by atoms with Crippen LogP contribution in [-0.2, 0) is 4.74 Å². The summed E-state index contributed by atoms with van der Waals surface area (Å²) in [6, 6.07) is 15.2. The summed E-state index contributed by atoms with van der Waals surface area (Å²) in [6.07, 6.45) is 1.37. The van der Waals surface area contributed by atoms with E-state index in [0.717, 1.165) is 0 Å². The molecule has 3 aromatic rings. The molecular formula is C21H16N2O6. The lowest BCUT2D eigenvalue weighted by Gasteiger charge is -2.04. The fourth-order valence-corrected chi connectivity index (χ4v) is 2.81. The molecular weight excluding hydrogens is 376 g/mol. The molecule has 0 unspecified atom stereocenters. The van der Waals surface area contributed by atoms with Crippen molar-refractivity contribution in [3.8, 4) is 22.8 Å². The molecule has 1 amide bonds. The second kappa shape index (κ2) is 7.89. The molecule has 0 bridgehead atoms. The number of esters is 1. The zero-order chi connectivity index (χ0) is 20.2. The van der Waals surface area contributed by atoms with Gasteiger partial charge in [-0.1, -0.05) is 18.2 Å². The third-order valence-corrected chi connectivity index (χ3v) is 4.22. The third kappa shape index (κ3) is 3.81. The number of nitrogens with zero attached hydrogens (tertiary/aromatic N) is 1. The number of hydrogen-bond donors (Lipinski definition) is 1. The van der Waals surface area contributed by atoms with E-state index in [1.807, 2.05) is 0 Å². The number of benzene rings is 2. The molecule has 8 heteroatoms. The molecule has 0 fully saturated rings. The Labute approximate surface area is 165 Å². The average Bonchev–Trinajstić information content (AvgIpc) is 3.42. The molecule has 0 atom stereocenters. The Morgan fingerprint density at radius 3 is 2.76 bits per heavy atom. The predicted octanol–water partition coefficient (Wildman–Crippen LogP) is 3.23. The summed E-state index contributed by atoms with van der Waals surface area (Å²) in [5.41, 5.74) is 3.81. The van der Waals surface area contributed by atoms with Crippen molar-refractivity contribution in [2.75, 3.05) is 13.9 Å². The van der Waals surface area contributed by atoms with Crippen LogP contribution in [0, 0.1) is 0 Å². The van der Waals surface area contributed by atoms with E-state index in [0.29, 0.717) is 39.7 Å². The Bertz CT molecular complexity index is 1100. The SMILES string of the molecule is COC(=O)c1ccccc1-c1ccc(/C=N\NC(=O)c2ccc3c(c2)OCO3)o1. The highest BCUT2D eigenvalue weighted by atomic mass is 16.7. The van der Waals surface area contributed by atoms with E-state index in [9.17, 15) is 9.59 Å². The smallest absolute Gasteiger partial charge is 0.338 e. The van der Waals surface area contributed by atoms with Gasteiger partial charge in [0.25, 0.3) is 5.91 Å². The highest BCUT2D eigenvalue weighted by molar-refractivity contribution is 5.97. The molecule has 4 rings (SSSR count). The number of ether oxygens (including phenoxy) is 3. The van der Waals surface area contributed by atoms with E-state index in [1.165, 1.54) is 13.3 Å². The van der Waals surface area contributed by atoms with E-state index in [1.54, 1.807) is 54.6 Å². The van der Waals surface area contributed by atoms with Crippen molar-refractivity contribution in [2.45, 2.75) is 0 Å². The van der Waals surface area contributed by atoms with Crippen LogP contribution in [0.1, 0.15) is 26.5 Å². The minimum atomic E-state index is -0.455. The Hall–Kier alpha value is -4.07. The molecule has 2 heterocycles. The van der Waals surface area contributed by atoms with Crippen LogP contribution in [0.5, 0.6) is 11.5 Å². The van der Waals surface area contributed by atoms with Crippen LogP contribution in [-0.4, -0.2) is 32.0 Å². The Kier molecular flexibility index (Phi) is 4.98. The van der Waals surface area contributed by atoms with E-state index < -0.39 is 11.9 Å². The quantitative estimate of drug-likeness (QED) is 0.407. The zero-order valence-corrected chi connectivity index (χ0v) is 15.4. The molecule has 1 aromatic heterocycles. The maximum Gasteiger partial charge on any atom is 0.338 e. The second-order valence-electron chi connectivity index (χ2n) is 6.01. The largest absolute Gasteiger partial charge is 0.465 e. The lowest BCUT2D eigenvalue weighted by molar-refractivity contribution is 0.0601. The number of carbonyl (C=O) groups excluding carboxylic acids is 2. The van der Waals surface area contributed by atoms with Gasteiger partial charge in [-0.15, -0.1) is 0 Å². The van der Waals surface area contributed by atoms with Gasteiger partial charge in [0.05, 0.1) is 18.9 Å². The van der Waals surface area contributed by atoms with Gasteiger partial charge in [0.2, 0.25) is 6.79 Å². The summed E-state index contributed by atoms with van der Waals surface area (Å²) in [6.45, 7) is 0.137. The number of nitrogens with one attached hydrogen (secondary N) is 1.